The Balaban J connectivity index is 1.71. The number of amides is 1. The molecule has 0 spiro atoms. The summed E-state index contributed by atoms with van der Waals surface area (Å²) in [5, 5.41) is 16.5. The molecule has 2 aromatic carbocycles. The molecule has 9 heteroatoms. The molecular weight excluding hydrogens is 420 g/mol. The number of carbonyl (C=O) groups excluding carboxylic acids is 1. The number of benzene rings is 2. The first kappa shape index (κ1) is 22.3. The molecule has 3 rings (SSSR count). The van der Waals surface area contributed by atoms with Crippen molar-refractivity contribution in [1.29, 1.82) is 0 Å². The highest BCUT2D eigenvalue weighted by atomic mass is 35.5. The van der Waals surface area contributed by atoms with Crippen LogP contribution in [0.15, 0.2) is 36.4 Å². The van der Waals surface area contributed by atoms with Gasteiger partial charge in [0.1, 0.15) is 12.4 Å². The number of nitrogens with one attached hydrogen (secondary N) is 1. The van der Waals surface area contributed by atoms with E-state index < -0.39 is 16.6 Å². The van der Waals surface area contributed by atoms with Crippen LogP contribution in [-0.2, 0) is 13.2 Å². The zero-order chi connectivity index (χ0) is 22.7. The minimum atomic E-state index is -0.714. The van der Waals surface area contributed by atoms with Gasteiger partial charge in [-0.3, -0.25) is 4.79 Å². The molecule has 0 bridgehead atoms. The molecule has 0 saturated carbocycles. The molecule has 3 aromatic rings. The van der Waals surface area contributed by atoms with Crippen molar-refractivity contribution in [1.82, 2.24) is 15.1 Å². The van der Waals surface area contributed by atoms with Crippen molar-refractivity contribution in [2.75, 3.05) is 7.05 Å². The van der Waals surface area contributed by atoms with Crippen LogP contribution in [0.5, 0.6) is 5.75 Å². The van der Waals surface area contributed by atoms with Crippen LogP contribution in [-0.4, -0.2) is 33.0 Å². The van der Waals surface area contributed by atoms with Gasteiger partial charge >= 0.3 is 5.82 Å². The number of rotatable bonds is 7. The lowest BCUT2D eigenvalue weighted by atomic mass is 10.0. The maximum absolute atomic E-state index is 12.6. The van der Waals surface area contributed by atoms with Crippen LogP contribution in [0.25, 0.3) is 0 Å². The second kappa shape index (κ2) is 9.18. The van der Waals surface area contributed by atoms with Crippen LogP contribution >= 0.6 is 11.6 Å². The Kier molecular flexibility index (Phi) is 6.60. The zero-order valence-corrected chi connectivity index (χ0v) is 18.5. The van der Waals surface area contributed by atoms with Gasteiger partial charge < -0.3 is 19.8 Å². The fourth-order valence-corrected chi connectivity index (χ4v) is 3.54. The van der Waals surface area contributed by atoms with Crippen molar-refractivity contribution < 1.29 is 14.5 Å². The van der Waals surface area contributed by atoms with E-state index in [0.717, 1.165) is 28.0 Å². The zero-order valence-electron chi connectivity index (χ0n) is 17.7. The summed E-state index contributed by atoms with van der Waals surface area (Å²) >= 11 is 5.93. The van der Waals surface area contributed by atoms with E-state index in [-0.39, 0.29) is 17.3 Å². The fraction of sp³-hybridized carbons (Fsp3) is 0.273. The van der Waals surface area contributed by atoms with Crippen molar-refractivity contribution in [3.8, 4) is 5.75 Å². The highest BCUT2D eigenvalue weighted by Crippen LogP contribution is 2.28. The van der Waals surface area contributed by atoms with Gasteiger partial charge in [0.2, 0.25) is 0 Å². The van der Waals surface area contributed by atoms with E-state index in [1.54, 1.807) is 7.05 Å². The standard InChI is InChI=1S/C22H23ClN4O4/c1-13-5-7-16(8-6-13)12-31-20-14(2)9-17(10-15(20)3)11-26(4)22(28)19-18(23)21(25-24-19)27(29)30/h5-10H,11-12H2,1-4H3,(H,24,25). The third-order valence-electron chi connectivity index (χ3n) is 4.86. The average Bonchev–Trinajstić information content (AvgIpc) is 3.09. The van der Waals surface area contributed by atoms with Crippen LogP contribution in [0.1, 0.15) is 38.3 Å². The van der Waals surface area contributed by atoms with E-state index in [4.69, 9.17) is 16.3 Å². The summed E-state index contributed by atoms with van der Waals surface area (Å²) in [7, 11) is 1.59. The van der Waals surface area contributed by atoms with Crippen LogP contribution in [0.2, 0.25) is 5.02 Å². The Bertz CT molecular complexity index is 1100. The Labute approximate surface area is 184 Å². The first-order valence-corrected chi connectivity index (χ1v) is 9.97. The molecular formula is C22H23ClN4O4. The molecule has 1 amide bonds. The minimum Gasteiger partial charge on any atom is -0.488 e. The number of aromatic nitrogens is 2. The first-order valence-electron chi connectivity index (χ1n) is 9.59. The van der Waals surface area contributed by atoms with Gasteiger partial charge in [0.25, 0.3) is 5.91 Å². The van der Waals surface area contributed by atoms with Crippen molar-refractivity contribution in [2.45, 2.75) is 33.9 Å². The van der Waals surface area contributed by atoms with E-state index >= 15 is 0 Å². The molecule has 0 aliphatic heterocycles. The second-order valence-corrected chi connectivity index (χ2v) is 7.86. The van der Waals surface area contributed by atoms with Crippen LogP contribution in [0.4, 0.5) is 5.82 Å². The summed E-state index contributed by atoms with van der Waals surface area (Å²) in [6.07, 6.45) is 0. The topological polar surface area (TPSA) is 101 Å². The number of H-pyrrole nitrogens is 1. The summed E-state index contributed by atoms with van der Waals surface area (Å²) in [5.41, 5.74) is 4.92. The average molecular weight is 443 g/mol. The maximum Gasteiger partial charge on any atom is 0.362 e. The van der Waals surface area contributed by atoms with Crippen molar-refractivity contribution in [2.24, 2.45) is 0 Å². The van der Waals surface area contributed by atoms with E-state index in [0.29, 0.717) is 6.61 Å². The first-order chi connectivity index (χ1) is 14.7. The lowest BCUT2D eigenvalue weighted by molar-refractivity contribution is -0.389. The fourth-order valence-electron chi connectivity index (χ4n) is 3.31. The van der Waals surface area contributed by atoms with Gasteiger partial charge in [0.05, 0.1) is 0 Å². The Morgan fingerprint density at radius 1 is 1.16 bits per heavy atom. The number of ether oxygens (including phenoxy) is 1. The van der Waals surface area contributed by atoms with E-state index in [9.17, 15) is 14.9 Å². The van der Waals surface area contributed by atoms with Gasteiger partial charge in [-0.2, -0.15) is 0 Å². The Morgan fingerprint density at radius 3 is 2.32 bits per heavy atom. The van der Waals surface area contributed by atoms with Crippen molar-refractivity contribution in [3.05, 3.63) is 85.0 Å². The number of hydrogen-bond acceptors (Lipinski definition) is 5. The molecule has 162 valence electrons. The summed E-state index contributed by atoms with van der Waals surface area (Å²) in [4.78, 5) is 24.2. The van der Waals surface area contributed by atoms with Gasteiger partial charge in [-0.25, -0.2) is 0 Å². The summed E-state index contributed by atoms with van der Waals surface area (Å²) in [5.74, 6) is -0.200. The monoisotopic (exact) mass is 442 g/mol. The smallest absolute Gasteiger partial charge is 0.362 e. The van der Waals surface area contributed by atoms with Crippen LogP contribution < -0.4 is 4.74 Å². The second-order valence-electron chi connectivity index (χ2n) is 7.49. The number of nitro groups is 1. The Hall–Kier alpha value is -3.39. The molecule has 0 saturated heterocycles. The van der Waals surface area contributed by atoms with Crippen LogP contribution in [0.3, 0.4) is 0 Å². The number of carbonyl (C=O) groups is 1. The molecule has 0 aliphatic carbocycles. The van der Waals surface area contributed by atoms with Crippen LogP contribution in [0, 0.1) is 30.9 Å². The summed E-state index contributed by atoms with van der Waals surface area (Å²) in [6.45, 7) is 6.71. The molecule has 0 radical (unpaired) electrons. The Morgan fingerprint density at radius 2 is 1.77 bits per heavy atom. The molecule has 0 atom stereocenters. The number of nitrogens with zero attached hydrogens (tertiary/aromatic N) is 3. The van der Waals surface area contributed by atoms with Gasteiger partial charge in [-0.05, 0) is 47.9 Å². The normalized spacial score (nSPS) is 10.7. The maximum atomic E-state index is 12.6. The highest BCUT2D eigenvalue weighted by molar-refractivity contribution is 6.35. The van der Waals surface area contributed by atoms with E-state index in [1.807, 2.05) is 45.0 Å². The largest absolute Gasteiger partial charge is 0.488 e. The number of aryl methyl sites for hydroxylation is 3. The highest BCUT2D eigenvalue weighted by Gasteiger charge is 2.27. The number of aromatic amines is 1. The predicted molar refractivity (Wildman–Crippen MR) is 117 cm³/mol. The molecule has 8 nitrogen and oxygen atoms in total. The lowest BCUT2D eigenvalue weighted by Crippen LogP contribution is -2.27. The van der Waals surface area contributed by atoms with Gasteiger partial charge in [0.15, 0.2) is 10.7 Å². The third kappa shape index (κ3) is 5.03. The molecule has 0 aliphatic rings. The molecule has 0 unspecified atom stereocenters. The molecule has 0 fully saturated rings. The van der Waals surface area contributed by atoms with E-state index in [2.05, 4.69) is 22.3 Å². The quantitative estimate of drug-likeness (QED) is 0.420. The van der Waals surface area contributed by atoms with Gasteiger partial charge in [0, 0.05) is 13.6 Å². The van der Waals surface area contributed by atoms with Crippen molar-refractivity contribution in [3.63, 3.8) is 0 Å². The van der Waals surface area contributed by atoms with Crippen molar-refractivity contribution >= 4 is 23.3 Å². The number of hydrogen-bond donors (Lipinski definition) is 1. The summed E-state index contributed by atoms with van der Waals surface area (Å²) < 4.78 is 6.04. The SMILES string of the molecule is Cc1ccc(COc2c(C)cc(CN(C)C(=O)c3n[nH]c([N+](=O)[O-])c3Cl)cc2C)cc1. The molecule has 31 heavy (non-hydrogen) atoms. The van der Waals surface area contributed by atoms with E-state index in [1.165, 1.54) is 10.5 Å². The third-order valence-corrected chi connectivity index (χ3v) is 5.22. The minimum absolute atomic E-state index is 0.178. The predicted octanol–water partition coefficient (Wildman–Crippen LogP) is 4.75. The lowest BCUT2D eigenvalue weighted by Gasteiger charge is -2.19. The molecule has 1 N–H and O–H groups in total. The molecule has 1 heterocycles. The van der Waals surface area contributed by atoms with Gasteiger partial charge in [-0.15, -0.1) is 5.10 Å². The van der Waals surface area contributed by atoms with Gasteiger partial charge in [-0.1, -0.05) is 58.7 Å². The summed E-state index contributed by atoms with van der Waals surface area (Å²) in [6, 6.07) is 12.1. The molecule has 1 aromatic heterocycles. The number of halogens is 1.